The third kappa shape index (κ3) is 12.8. The summed E-state index contributed by atoms with van der Waals surface area (Å²) in [7, 11) is 1.28. The molecule has 3 saturated carbocycles. The zero-order valence-electron chi connectivity index (χ0n) is 40.1. The van der Waals surface area contributed by atoms with Gasteiger partial charge in [-0.2, -0.15) is 13.2 Å². The summed E-state index contributed by atoms with van der Waals surface area (Å²) in [6.45, 7) is 2.27. The molecule has 7 atom stereocenters. The summed E-state index contributed by atoms with van der Waals surface area (Å²) in [5, 5.41) is 43.8. The number of nitrogens with zero attached hydrogens (tertiary/aromatic N) is 3. The van der Waals surface area contributed by atoms with Gasteiger partial charge in [-0.05, 0) is 149 Å². The largest absolute Gasteiger partial charge is 0.453 e. The molecule has 4 fully saturated rings. The summed E-state index contributed by atoms with van der Waals surface area (Å²) in [5.74, 6) is 1.77. The van der Waals surface area contributed by atoms with E-state index in [9.17, 15) is 42.9 Å². The monoisotopic (exact) mass is 1020 g/mol. The van der Waals surface area contributed by atoms with E-state index in [0.717, 1.165) is 70.6 Å². The van der Waals surface area contributed by atoms with Crippen molar-refractivity contribution in [1.82, 2.24) is 25.3 Å². The third-order valence-electron chi connectivity index (χ3n) is 15.8. The second kappa shape index (κ2) is 22.6. The van der Waals surface area contributed by atoms with Crippen molar-refractivity contribution in [3.05, 3.63) is 47.3 Å². The Morgan fingerprint density at radius 2 is 1.68 bits per heavy atom. The molecule has 5 aliphatic rings. The molecule has 1 unspecified atom stereocenters. The molecule has 2 aromatic heterocycles. The highest BCUT2D eigenvalue weighted by Gasteiger charge is 2.52. The molecule has 0 radical (unpaired) electrons. The molecule has 4 heterocycles. The van der Waals surface area contributed by atoms with Gasteiger partial charge in [-0.1, -0.05) is 12.8 Å². The van der Waals surface area contributed by atoms with Gasteiger partial charge >= 0.3 is 12.3 Å². The van der Waals surface area contributed by atoms with Crippen LogP contribution in [-0.2, 0) is 30.0 Å². The highest BCUT2D eigenvalue weighted by Crippen LogP contribution is 2.46. The van der Waals surface area contributed by atoms with E-state index < -0.39 is 59.1 Å². The predicted molar refractivity (Wildman–Crippen MR) is 255 cm³/mol. The maximum Gasteiger partial charge on any atom is 0.421 e. The first-order chi connectivity index (χ1) is 33.9. The number of halogens is 4. The topological polar surface area (TPSA) is 268 Å². The molecule has 2 aliphatic heterocycles. The van der Waals surface area contributed by atoms with Crippen LogP contribution in [0.25, 0.3) is 11.3 Å². The molecule has 8 rings (SSSR count). The fourth-order valence-electron chi connectivity index (χ4n) is 11.6. The van der Waals surface area contributed by atoms with Gasteiger partial charge in [0.1, 0.15) is 41.1 Å². The van der Waals surface area contributed by atoms with Crippen molar-refractivity contribution in [2.75, 3.05) is 42.8 Å². The van der Waals surface area contributed by atoms with E-state index >= 15 is 0 Å². The Bertz CT molecular complexity index is 2330. The molecule has 390 valence electrons. The Hall–Kier alpha value is -4.64. The zero-order valence-corrected chi connectivity index (χ0v) is 40.8. The minimum atomic E-state index is -4.87. The van der Waals surface area contributed by atoms with E-state index in [1.165, 1.54) is 14.0 Å². The zero-order chi connectivity index (χ0) is 50.6. The number of aromatic nitrogens is 4. The molecule has 1 saturated heterocycles. The number of aromatic amines is 1. The van der Waals surface area contributed by atoms with Crippen molar-refractivity contribution in [1.29, 1.82) is 0 Å². The number of nitrogens with one attached hydrogen (secondary N) is 5. The van der Waals surface area contributed by atoms with Crippen LogP contribution < -0.4 is 27.0 Å². The van der Waals surface area contributed by atoms with Crippen LogP contribution in [0.2, 0.25) is 5.28 Å². The van der Waals surface area contributed by atoms with E-state index in [1.54, 1.807) is 24.4 Å². The second-order valence-electron chi connectivity index (χ2n) is 20.7. The number of hydrogen-bond acceptors (Lipinski definition) is 14. The molecule has 3 amide bonds. The van der Waals surface area contributed by atoms with Crippen LogP contribution in [0.4, 0.5) is 35.2 Å². The lowest BCUT2D eigenvalue weighted by Crippen LogP contribution is -2.66. The molecule has 3 aromatic rings. The average Bonchev–Trinajstić information content (AvgIpc) is 3.82. The average molecular weight is 1020 g/mol. The van der Waals surface area contributed by atoms with Gasteiger partial charge in [0.2, 0.25) is 17.1 Å². The minimum Gasteiger partial charge on any atom is -0.453 e. The number of fused-ring (bicyclic) bond motifs is 4. The number of imidazole rings is 1. The molecule has 3 aliphatic carbocycles. The lowest BCUT2D eigenvalue weighted by Gasteiger charge is -2.47. The van der Waals surface area contributed by atoms with E-state index in [1.807, 2.05) is 0 Å². The molecule has 71 heavy (non-hydrogen) atoms. The summed E-state index contributed by atoms with van der Waals surface area (Å²) in [4.78, 5) is 55.1. The van der Waals surface area contributed by atoms with Gasteiger partial charge < -0.3 is 56.2 Å². The first kappa shape index (κ1) is 52.7. The number of H-pyrrole nitrogens is 1. The predicted octanol–water partition coefficient (Wildman–Crippen LogP) is 6.93. The van der Waals surface area contributed by atoms with Gasteiger partial charge in [0.05, 0.1) is 37.3 Å². The van der Waals surface area contributed by atoms with Crippen molar-refractivity contribution in [2.24, 2.45) is 47.2 Å². The van der Waals surface area contributed by atoms with E-state index in [4.69, 9.17) is 36.5 Å². The van der Waals surface area contributed by atoms with Crippen LogP contribution in [0.1, 0.15) is 114 Å². The van der Waals surface area contributed by atoms with Crippen molar-refractivity contribution >= 4 is 46.7 Å². The number of carbonyl (C=O) groups is 3. The van der Waals surface area contributed by atoms with Gasteiger partial charge in [-0.3, -0.25) is 14.9 Å². The summed E-state index contributed by atoms with van der Waals surface area (Å²) in [6.07, 6.45) is 3.54. The Labute approximate surface area is 415 Å². The van der Waals surface area contributed by atoms with Gasteiger partial charge in [0.15, 0.2) is 6.29 Å². The van der Waals surface area contributed by atoms with Crippen LogP contribution in [0.15, 0.2) is 30.6 Å². The van der Waals surface area contributed by atoms with Crippen LogP contribution in [0.5, 0.6) is 0 Å². The van der Waals surface area contributed by atoms with E-state index in [-0.39, 0.29) is 42.2 Å². The fraction of sp³-hybridized carbons (Fsp3) is 0.673. The SMILES string of the molecule is COC(=O)Nc1ccc2c(c1)NC(=O)CC(C1CCC(CC3CC(COC[C@@]4(C)O[C@H](O)[C@H](Nc5nc(Cl)ncc5C(F)(F)F)[C@@H](O)[C@H]4O)C3)CC1)CC[C@H](NC(=O)C1CCC(CN)CC1)c1ncc-2[nH]1. The first-order valence-corrected chi connectivity index (χ1v) is 25.3. The number of alkyl halides is 3. The Balaban J connectivity index is 0.839. The Kier molecular flexibility index (Phi) is 16.8. The lowest BCUT2D eigenvalue weighted by molar-refractivity contribution is -0.292. The van der Waals surface area contributed by atoms with Crippen molar-refractivity contribution in [3.8, 4) is 11.3 Å². The molecule has 18 nitrogen and oxygen atoms in total. The minimum absolute atomic E-state index is 0.0184. The number of hydrogen-bond donors (Lipinski definition) is 9. The number of aliphatic hydroxyl groups is 3. The number of aliphatic hydroxyl groups excluding tert-OH is 3. The van der Waals surface area contributed by atoms with Crippen molar-refractivity contribution < 1.29 is 57.1 Å². The molecule has 2 bridgehead atoms. The molecule has 10 N–H and O–H groups in total. The molecular formula is C49H67ClF3N9O9. The van der Waals surface area contributed by atoms with Crippen LogP contribution in [0, 0.1) is 41.4 Å². The number of carbonyl (C=O) groups excluding carboxylic acids is 3. The number of benzene rings is 1. The number of nitrogens with two attached hydrogens (primary N) is 1. The molecule has 22 heteroatoms. The highest BCUT2D eigenvalue weighted by atomic mass is 35.5. The molecule has 0 spiro atoms. The summed E-state index contributed by atoms with van der Waals surface area (Å²) in [5.41, 5.74) is 5.42. The number of amides is 3. The lowest BCUT2D eigenvalue weighted by atomic mass is 9.66. The Morgan fingerprint density at radius 3 is 2.38 bits per heavy atom. The molecule has 1 aromatic carbocycles. The fourth-order valence-corrected chi connectivity index (χ4v) is 11.7. The molecular weight excluding hydrogens is 951 g/mol. The highest BCUT2D eigenvalue weighted by molar-refractivity contribution is 6.28. The van der Waals surface area contributed by atoms with Gasteiger partial charge in [0, 0.05) is 36.4 Å². The third-order valence-corrected chi connectivity index (χ3v) is 15.9. The number of methoxy groups -OCH3 is 1. The van der Waals surface area contributed by atoms with Crippen LogP contribution >= 0.6 is 11.6 Å². The first-order valence-electron chi connectivity index (χ1n) is 24.9. The smallest absolute Gasteiger partial charge is 0.421 e. The van der Waals surface area contributed by atoms with Gasteiger partial charge in [-0.15, -0.1) is 0 Å². The summed E-state index contributed by atoms with van der Waals surface area (Å²) >= 11 is 5.73. The van der Waals surface area contributed by atoms with Crippen LogP contribution in [0.3, 0.4) is 0 Å². The number of anilines is 3. The quantitative estimate of drug-likeness (QED) is 0.0787. The van der Waals surface area contributed by atoms with Crippen molar-refractivity contribution in [3.63, 3.8) is 0 Å². The van der Waals surface area contributed by atoms with Crippen molar-refractivity contribution in [2.45, 2.75) is 139 Å². The van der Waals surface area contributed by atoms with Gasteiger partial charge in [-0.25, -0.2) is 19.7 Å². The maximum atomic E-state index is 14.0. The maximum absolute atomic E-state index is 14.0. The standard InChI is InChI=1S/C49H67ClF3N9O9/c1-48(41(65)40(64)39(45(67)71-48)61-42-34(49(51,52)53)21-56-46(50)62-42)24-70-23-28-16-27(17-28)15-25-3-7-29(8-4-25)31-11-14-35(60-44(66)30-9-5-26(20-54)6-10-30)43-55-22-37(59-43)33-13-12-32(57-47(68)69-2)19-36(33)58-38(63)18-31/h12-13,19,21-22,25-31,35,39-41,45,64-65,67H,3-11,14-18,20,23-24,54H2,1-2H3,(H,55,59)(H,57,68)(H,58,63)(H,60,66)(H,56,61,62)/t25?,26?,27?,28?,29?,30?,31?,35-,39+,40+,41+,45-,48+/m0/s1. The normalized spacial score (nSPS) is 32.5. The van der Waals surface area contributed by atoms with E-state index in [0.29, 0.717) is 90.7 Å². The Morgan fingerprint density at radius 1 is 0.958 bits per heavy atom. The summed E-state index contributed by atoms with van der Waals surface area (Å²) in [6, 6.07) is 3.27. The second-order valence-corrected chi connectivity index (χ2v) is 21.1. The number of rotatable bonds is 13. The van der Waals surface area contributed by atoms with Gasteiger partial charge in [0.25, 0.3) is 0 Å². The van der Waals surface area contributed by atoms with E-state index in [2.05, 4.69) is 36.2 Å². The van der Waals surface area contributed by atoms with Crippen LogP contribution in [-0.4, -0.2) is 110 Å². The summed E-state index contributed by atoms with van der Waals surface area (Å²) < 4.78 is 57.3. The number of ether oxygens (including phenoxy) is 3.